The number of hydrogen-bond acceptors (Lipinski definition) is 6. The van der Waals surface area contributed by atoms with Gasteiger partial charge in [0.1, 0.15) is 0 Å². The molecule has 1 aliphatic heterocycles. The summed E-state index contributed by atoms with van der Waals surface area (Å²) in [6, 6.07) is 12.5. The Labute approximate surface area is 193 Å². The van der Waals surface area contributed by atoms with E-state index in [0.29, 0.717) is 35.8 Å². The molecule has 2 aromatic carbocycles. The van der Waals surface area contributed by atoms with E-state index in [2.05, 4.69) is 12.2 Å². The van der Waals surface area contributed by atoms with Gasteiger partial charge in [0.15, 0.2) is 11.5 Å². The Morgan fingerprint density at radius 1 is 1.00 bits per heavy atom. The first kappa shape index (κ1) is 22.6. The molecule has 1 heterocycles. The van der Waals surface area contributed by atoms with Gasteiger partial charge in [0.05, 0.1) is 43.7 Å². The number of amides is 1. The van der Waals surface area contributed by atoms with Crippen LogP contribution in [0.2, 0.25) is 0 Å². The number of anilines is 1. The molecule has 0 N–H and O–H groups in total. The number of esters is 1. The molecule has 7 heteroatoms. The van der Waals surface area contributed by atoms with Gasteiger partial charge in [-0.05, 0) is 61.7 Å². The molecular weight excluding hydrogens is 420 g/mol. The number of allylic oxidation sites excluding steroid dienone is 2. The summed E-state index contributed by atoms with van der Waals surface area (Å²) in [5.41, 5.74) is 2.77. The zero-order valence-electron chi connectivity index (χ0n) is 19.1. The van der Waals surface area contributed by atoms with Crippen molar-refractivity contribution in [3.05, 3.63) is 65.7 Å². The fraction of sp³-hybridized carbons (Fsp3) is 0.346. The summed E-state index contributed by atoms with van der Waals surface area (Å²) >= 11 is 0. The molecule has 33 heavy (non-hydrogen) atoms. The van der Waals surface area contributed by atoms with E-state index >= 15 is 0 Å². The highest BCUT2D eigenvalue weighted by Gasteiger charge is 2.40. The summed E-state index contributed by atoms with van der Waals surface area (Å²) in [7, 11) is 3.19. The predicted molar refractivity (Wildman–Crippen MR) is 126 cm³/mol. The van der Waals surface area contributed by atoms with Crippen molar-refractivity contribution in [3.63, 3.8) is 0 Å². The molecule has 4 rings (SSSR count). The lowest BCUT2D eigenvalue weighted by molar-refractivity contribution is -0.123. The van der Waals surface area contributed by atoms with Crippen LogP contribution in [-0.4, -0.2) is 38.4 Å². The number of rotatable bonds is 7. The number of nitrogens with zero attached hydrogens (tertiary/aromatic N) is 2. The molecule has 2 aromatic rings. The van der Waals surface area contributed by atoms with E-state index in [1.54, 1.807) is 38.5 Å². The van der Waals surface area contributed by atoms with Gasteiger partial charge in [-0.3, -0.25) is 4.79 Å². The zero-order valence-corrected chi connectivity index (χ0v) is 19.1. The SMILES string of the molecule is CCCOC(=O)c1ccc(N2N=C(c3ccc(OC)c(OC)c3)[C@@H]3CC=CC[C@@H]3C2=O)cc1. The maximum Gasteiger partial charge on any atom is 0.338 e. The summed E-state index contributed by atoms with van der Waals surface area (Å²) in [6.07, 6.45) is 6.34. The average molecular weight is 449 g/mol. The molecule has 0 radical (unpaired) electrons. The molecule has 0 unspecified atom stereocenters. The first-order valence-corrected chi connectivity index (χ1v) is 11.1. The number of hydrazone groups is 1. The number of carbonyl (C=O) groups is 2. The fourth-order valence-electron chi connectivity index (χ4n) is 4.25. The molecule has 0 saturated heterocycles. The average Bonchev–Trinajstić information content (AvgIpc) is 2.87. The molecule has 0 fully saturated rings. The Bertz CT molecular complexity index is 1090. The third kappa shape index (κ3) is 4.49. The van der Waals surface area contributed by atoms with E-state index in [0.717, 1.165) is 24.1 Å². The standard InChI is InChI=1S/C26H28N2O5/c1-4-15-33-26(30)17-9-12-19(13-10-17)28-25(29)21-8-6-5-7-20(21)24(27-28)18-11-14-22(31-2)23(16-18)32-3/h5-6,9-14,16,20-21H,4,7-8,15H2,1-3H3/t20-,21+/m1/s1. The third-order valence-electron chi connectivity index (χ3n) is 5.98. The van der Waals surface area contributed by atoms with Crippen LogP contribution in [0.1, 0.15) is 42.1 Å². The van der Waals surface area contributed by atoms with Crippen molar-refractivity contribution in [2.45, 2.75) is 26.2 Å². The fourth-order valence-corrected chi connectivity index (χ4v) is 4.25. The van der Waals surface area contributed by atoms with Gasteiger partial charge in [0.2, 0.25) is 0 Å². The highest BCUT2D eigenvalue weighted by molar-refractivity contribution is 6.11. The minimum Gasteiger partial charge on any atom is -0.493 e. The van der Waals surface area contributed by atoms with Crippen LogP contribution in [0.3, 0.4) is 0 Å². The molecule has 1 aliphatic carbocycles. The highest BCUT2D eigenvalue weighted by Crippen LogP contribution is 2.38. The third-order valence-corrected chi connectivity index (χ3v) is 5.98. The van der Waals surface area contributed by atoms with Gasteiger partial charge < -0.3 is 14.2 Å². The molecule has 0 spiro atoms. The van der Waals surface area contributed by atoms with Crippen molar-refractivity contribution < 1.29 is 23.8 Å². The normalized spacial score (nSPS) is 19.5. The second-order valence-corrected chi connectivity index (χ2v) is 8.04. The number of hydrogen-bond donors (Lipinski definition) is 0. The minimum atomic E-state index is -0.375. The molecule has 0 aromatic heterocycles. The molecular formula is C26H28N2O5. The maximum atomic E-state index is 13.4. The van der Waals surface area contributed by atoms with Crippen molar-refractivity contribution in [2.75, 3.05) is 25.8 Å². The van der Waals surface area contributed by atoms with Crippen LogP contribution < -0.4 is 14.5 Å². The summed E-state index contributed by atoms with van der Waals surface area (Å²) in [5, 5.41) is 6.25. The monoisotopic (exact) mass is 448 g/mol. The number of methoxy groups -OCH3 is 2. The highest BCUT2D eigenvalue weighted by atomic mass is 16.5. The molecule has 7 nitrogen and oxygen atoms in total. The molecule has 0 bridgehead atoms. The van der Waals surface area contributed by atoms with Crippen LogP contribution in [0.15, 0.2) is 59.7 Å². The van der Waals surface area contributed by atoms with Gasteiger partial charge in [0, 0.05) is 11.5 Å². The lowest BCUT2D eigenvalue weighted by atomic mass is 9.76. The lowest BCUT2D eigenvalue weighted by Crippen LogP contribution is -2.45. The summed E-state index contributed by atoms with van der Waals surface area (Å²) in [5.74, 6) is 0.607. The van der Waals surface area contributed by atoms with Crippen LogP contribution in [0.4, 0.5) is 5.69 Å². The lowest BCUT2D eigenvalue weighted by Gasteiger charge is -2.37. The van der Waals surface area contributed by atoms with Gasteiger partial charge in [0.25, 0.3) is 5.91 Å². The molecule has 0 saturated carbocycles. The first-order valence-electron chi connectivity index (χ1n) is 11.1. The topological polar surface area (TPSA) is 77.4 Å². The van der Waals surface area contributed by atoms with Gasteiger partial charge in [-0.15, -0.1) is 0 Å². The smallest absolute Gasteiger partial charge is 0.338 e. The number of carbonyl (C=O) groups excluding carboxylic acids is 2. The van der Waals surface area contributed by atoms with Crippen molar-refractivity contribution in [2.24, 2.45) is 16.9 Å². The number of benzene rings is 2. The van der Waals surface area contributed by atoms with Crippen molar-refractivity contribution in [1.82, 2.24) is 0 Å². The first-order chi connectivity index (χ1) is 16.1. The van der Waals surface area contributed by atoms with Crippen LogP contribution in [0.5, 0.6) is 11.5 Å². The number of ether oxygens (including phenoxy) is 3. The summed E-state index contributed by atoms with van der Waals surface area (Å²) in [6.45, 7) is 2.32. The van der Waals surface area contributed by atoms with E-state index in [1.165, 1.54) is 5.01 Å². The molecule has 2 aliphatic rings. The molecule has 172 valence electrons. The van der Waals surface area contributed by atoms with E-state index in [4.69, 9.17) is 19.3 Å². The number of fused-ring (bicyclic) bond motifs is 1. The van der Waals surface area contributed by atoms with Crippen molar-refractivity contribution in [3.8, 4) is 11.5 Å². The van der Waals surface area contributed by atoms with Crippen LogP contribution in [0.25, 0.3) is 0 Å². The van der Waals surface area contributed by atoms with Crippen LogP contribution in [-0.2, 0) is 9.53 Å². The van der Waals surface area contributed by atoms with E-state index < -0.39 is 0 Å². The van der Waals surface area contributed by atoms with Gasteiger partial charge >= 0.3 is 5.97 Å². The maximum absolute atomic E-state index is 13.4. The van der Waals surface area contributed by atoms with Crippen LogP contribution in [0, 0.1) is 11.8 Å². The van der Waals surface area contributed by atoms with E-state index in [9.17, 15) is 9.59 Å². The van der Waals surface area contributed by atoms with Gasteiger partial charge in [-0.2, -0.15) is 5.10 Å². The van der Waals surface area contributed by atoms with Crippen LogP contribution >= 0.6 is 0 Å². The predicted octanol–water partition coefficient (Wildman–Crippen LogP) is 4.60. The summed E-state index contributed by atoms with van der Waals surface area (Å²) in [4.78, 5) is 25.5. The van der Waals surface area contributed by atoms with E-state index in [-0.39, 0.29) is 23.7 Å². The Kier molecular flexibility index (Phi) is 6.77. The Balaban J connectivity index is 1.71. The quantitative estimate of drug-likeness (QED) is 0.457. The Morgan fingerprint density at radius 2 is 1.70 bits per heavy atom. The molecule has 1 amide bonds. The van der Waals surface area contributed by atoms with Gasteiger partial charge in [-0.25, -0.2) is 9.80 Å². The Morgan fingerprint density at radius 3 is 2.36 bits per heavy atom. The second-order valence-electron chi connectivity index (χ2n) is 8.04. The molecule has 2 atom stereocenters. The Hall–Kier alpha value is -3.61. The van der Waals surface area contributed by atoms with E-state index in [1.807, 2.05) is 25.1 Å². The summed E-state index contributed by atoms with van der Waals surface area (Å²) < 4.78 is 16.0. The minimum absolute atomic E-state index is 0.0138. The zero-order chi connectivity index (χ0) is 23.4. The van der Waals surface area contributed by atoms with Gasteiger partial charge in [-0.1, -0.05) is 19.1 Å². The van der Waals surface area contributed by atoms with Crippen molar-refractivity contribution in [1.29, 1.82) is 0 Å². The largest absolute Gasteiger partial charge is 0.493 e. The van der Waals surface area contributed by atoms with Crippen molar-refractivity contribution >= 4 is 23.3 Å². The second kappa shape index (κ2) is 9.90.